The Morgan fingerprint density at radius 3 is 1.97 bits per heavy atom. The van der Waals surface area contributed by atoms with Crippen LogP contribution in [0.4, 0.5) is 0 Å². The molecule has 0 saturated carbocycles. The van der Waals surface area contributed by atoms with Crippen molar-refractivity contribution in [2.45, 2.75) is 26.3 Å². The molecule has 3 heterocycles. The van der Waals surface area contributed by atoms with Gasteiger partial charge in [0.1, 0.15) is 0 Å². The molecule has 2 aromatic carbocycles. The fourth-order valence-corrected chi connectivity index (χ4v) is 3.55. The van der Waals surface area contributed by atoms with Crippen LogP contribution in [-0.4, -0.2) is 31.4 Å². The van der Waals surface area contributed by atoms with Gasteiger partial charge in [-0.3, -0.25) is 14.8 Å². The summed E-state index contributed by atoms with van der Waals surface area (Å²) in [5.74, 6) is -0.129. The fourth-order valence-electron chi connectivity index (χ4n) is 3.55. The second-order valence-electron chi connectivity index (χ2n) is 8.13. The second-order valence-corrected chi connectivity index (χ2v) is 8.13. The minimum Gasteiger partial charge on any atom is -0.347 e. The molecule has 0 unspecified atom stereocenters. The Bertz CT molecular complexity index is 1440. The second kappa shape index (κ2) is 6.17. The van der Waals surface area contributed by atoms with Gasteiger partial charge in [-0.15, -0.1) is 0 Å². The Hall–Kier alpha value is -3.67. The van der Waals surface area contributed by atoms with E-state index in [9.17, 15) is 4.79 Å². The van der Waals surface area contributed by atoms with Crippen LogP contribution in [0.25, 0.3) is 43.9 Å². The Balaban J connectivity index is 1.82. The number of fused-ring (bicyclic) bond motifs is 7. The van der Waals surface area contributed by atoms with Crippen molar-refractivity contribution < 1.29 is 4.79 Å². The van der Waals surface area contributed by atoms with Gasteiger partial charge in [-0.1, -0.05) is 0 Å². The Kier molecular flexibility index (Phi) is 3.71. The van der Waals surface area contributed by atoms with Crippen LogP contribution >= 0.6 is 0 Å². The normalized spacial score (nSPS) is 12.1. The summed E-state index contributed by atoms with van der Waals surface area (Å²) in [5, 5.41) is 4.80. The lowest BCUT2D eigenvalue weighted by Gasteiger charge is -2.20. The van der Waals surface area contributed by atoms with Crippen molar-refractivity contribution in [1.29, 1.82) is 0 Å². The van der Waals surface area contributed by atoms with Gasteiger partial charge in [-0.2, -0.15) is 0 Å². The molecule has 0 spiro atoms. The van der Waals surface area contributed by atoms with E-state index in [1.54, 1.807) is 24.5 Å². The molecule has 0 atom stereocenters. The molecule has 6 nitrogen and oxygen atoms in total. The number of hydrogen-bond acceptors (Lipinski definition) is 5. The molecule has 0 bridgehead atoms. The number of rotatable bonds is 1. The van der Waals surface area contributed by atoms with Crippen LogP contribution < -0.4 is 5.32 Å². The summed E-state index contributed by atoms with van der Waals surface area (Å²) in [6.45, 7) is 5.87. The van der Waals surface area contributed by atoms with Crippen molar-refractivity contribution >= 4 is 49.8 Å². The first-order chi connectivity index (χ1) is 13.9. The molecule has 1 amide bonds. The van der Waals surface area contributed by atoms with Crippen LogP contribution in [0.3, 0.4) is 0 Å². The van der Waals surface area contributed by atoms with Gasteiger partial charge in [0.2, 0.25) is 0 Å². The summed E-state index contributed by atoms with van der Waals surface area (Å²) in [4.78, 5) is 31.4. The number of pyridine rings is 2. The van der Waals surface area contributed by atoms with Gasteiger partial charge in [0.15, 0.2) is 0 Å². The zero-order valence-electron chi connectivity index (χ0n) is 16.4. The lowest BCUT2D eigenvalue weighted by atomic mass is 10.1. The van der Waals surface area contributed by atoms with Crippen molar-refractivity contribution in [1.82, 2.24) is 25.3 Å². The van der Waals surface area contributed by atoms with Crippen molar-refractivity contribution in [3.05, 3.63) is 60.4 Å². The highest BCUT2D eigenvalue weighted by molar-refractivity contribution is 6.21. The van der Waals surface area contributed by atoms with Gasteiger partial charge in [0, 0.05) is 34.3 Å². The Morgan fingerprint density at radius 2 is 1.38 bits per heavy atom. The number of nitrogens with one attached hydrogen (secondary N) is 1. The molecule has 0 aliphatic rings. The van der Waals surface area contributed by atoms with Crippen LogP contribution in [0, 0.1) is 0 Å². The highest BCUT2D eigenvalue weighted by Gasteiger charge is 2.17. The quantitative estimate of drug-likeness (QED) is 0.344. The maximum atomic E-state index is 12.6. The monoisotopic (exact) mass is 381 g/mol. The molecule has 1 N–H and O–H groups in total. The molecular weight excluding hydrogens is 362 g/mol. The van der Waals surface area contributed by atoms with Crippen molar-refractivity contribution in [2.75, 3.05) is 0 Å². The lowest BCUT2D eigenvalue weighted by Crippen LogP contribution is -2.40. The molecule has 0 radical (unpaired) electrons. The van der Waals surface area contributed by atoms with E-state index in [2.05, 4.69) is 15.3 Å². The van der Waals surface area contributed by atoms with Crippen LogP contribution in [0.1, 0.15) is 31.1 Å². The van der Waals surface area contributed by atoms with Crippen molar-refractivity contribution in [3.8, 4) is 0 Å². The maximum Gasteiger partial charge on any atom is 0.251 e. The summed E-state index contributed by atoms with van der Waals surface area (Å²) < 4.78 is 0. The van der Waals surface area contributed by atoms with Crippen molar-refractivity contribution in [2.24, 2.45) is 0 Å². The summed E-state index contributed by atoms with van der Waals surface area (Å²) in [5.41, 5.74) is 4.81. The molecule has 142 valence electrons. The molecule has 0 fully saturated rings. The summed E-state index contributed by atoms with van der Waals surface area (Å²) in [7, 11) is 0. The van der Waals surface area contributed by atoms with E-state index in [4.69, 9.17) is 9.97 Å². The average molecular weight is 381 g/mol. The van der Waals surface area contributed by atoms with Gasteiger partial charge in [0.05, 0.1) is 33.1 Å². The first-order valence-electron chi connectivity index (χ1n) is 9.46. The van der Waals surface area contributed by atoms with Crippen LogP contribution in [-0.2, 0) is 0 Å². The van der Waals surface area contributed by atoms with E-state index in [-0.39, 0.29) is 11.4 Å². The zero-order valence-corrected chi connectivity index (χ0v) is 16.4. The summed E-state index contributed by atoms with van der Waals surface area (Å²) >= 11 is 0. The molecule has 0 aliphatic heterocycles. The summed E-state index contributed by atoms with van der Waals surface area (Å²) in [6, 6.07) is 13.2. The van der Waals surface area contributed by atoms with Gasteiger partial charge in [-0.05, 0) is 63.2 Å². The molecule has 5 aromatic rings. The zero-order chi connectivity index (χ0) is 20.2. The van der Waals surface area contributed by atoms with Crippen molar-refractivity contribution in [3.63, 3.8) is 0 Å². The molecule has 0 saturated heterocycles. The van der Waals surface area contributed by atoms with Gasteiger partial charge >= 0.3 is 0 Å². The molecule has 6 heteroatoms. The number of amides is 1. The Morgan fingerprint density at radius 1 is 0.793 bits per heavy atom. The number of carbonyl (C=O) groups excluding carboxylic acids is 1. The highest BCUT2D eigenvalue weighted by atomic mass is 16.1. The predicted octanol–water partition coefficient (Wildman–Crippen LogP) is 4.41. The molecule has 29 heavy (non-hydrogen) atoms. The van der Waals surface area contributed by atoms with E-state index >= 15 is 0 Å². The first-order valence-corrected chi connectivity index (χ1v) is 9.46. The van der Waals surface area contributed by atoms with E-state index < -0.39 is 0 Å². The molecule has 0 aliphatic carbocycles. The number of aromatic nitrogens is 4. The minimum absolute atomic E-state index is 0.129. The third-order valence-electron chi connectivity index (χ3n) is 4.76. The minimum atomic E-state index is -0.311. The smallest absolute Gasteiger partial charge is 0.251 e. The average Bonchev–Trinajstić information content (AvgIpc) is 2.71. The standard InChI is InChI=1S/C23H19N5O/c1-23(2,3)28-22(29)13-8-9-16-17(12-13)27-21-15-7-5-11-25-19(15)18-14(20(21)26-16)6-4-10-24-18/h4-12H,1-3H3,(H,28,29). The van der Waals surface area contributed by atoms with E-state index in [1.165, 1.54) is 0 Å². The summed E-state index contributed by atoms with van der Waals surface area (Å²) in [6.07, 6.45) is 3.52. The first kappa shape index (κ1) is 17.4. The SMILES string of the molecule is CC(C)(C)NC(=O)c1ccc2nc3c4cccnc4c4ncccc4c3nc2c1. The van der Waals surface area contributed by atoms with E-state index in [0.29, 0.717) is 11.1 Å². The van der Waals surface area contributed by atoms with Gasteiger partial charge in [0.25, 0.3) is 5.91 Å². The molecule has 3 aromatic heterocycles. The van der Waals surface area contributed by atoms with Gasteiger partial charge in [-0.25, -0.2) is 9.97 Å². The Labute approximate surface area is 167 Å². The largest absolute Gasteiger partial charge is 0.347 e. The van der Waals surface area contributed by atoms with Crippen LogP contribution in [0.15, 0.2) is 54.9 Å². The van der Waals surface area contributed by atoms with Crippen LogP contribution in [0.5, 0.6) is 0 Å². The lowest BCUT2D eigenvalue weighted by molar-refractivity contribution is 0.0919. The van der Waals surface area contributed by atoms with E-state index in [0.717, 1.165) is 38.4 Å². The van der Waals surface area contributed by atoms with Crippen LogP contribution in [0.2, 0.25) is 0 Å². The highest BCUT2D eigenvalue weighted by Crippen LogP contribution is 2.31. The topological polar surface area (TPSA) is 80.7 Å². The fraction of sp³-hybridized carbons (Fsp3) is 0.174. The maximum absolute atomic E-state index is 12.6. The number of nitrogens with zero attached hydrogens (tertiary/aromatic N) is 4. The molecular formula is C23H19N5O. The third-order valence-corrected chi connectivity index (χ3v) is 4.76. The van der Waals surface area contributed by atoms with E-state index in [1.807, 2.05) is 51.1 Å². The van der Waals surface area contributed by atoms with Gasteiger partial charge < -0.3 is 5.32 Å². The third kappa shape index (κ3) is 2.93. The predicted molar refractivity (Wildman–Crippen MR) is 115 cm³/mol. The molecule has 5 rings (SSSR count). The number of hydrogen-bond donors (Lipinski definition) is 1. The number of benzene rings is 2. The number of carbonyl (C=O) groups is 1.